The summed E-state index contributed by atoms with van der Waals surface area (Å²) in [5.74, 6) is 0.719. The molecule has 2 heterocycles. The van der Waals surface area contributed by atoms with Gasteiger partial charge in [0.2, 0.25) is 11.8 Å². The summed E-state index contributed by atoms with van der Waals surface area (Å²) in [5, 5.41) is 0. The number of amides is 2. The van der Waals surface area contributed by atoms with Crippen LogP contribution in [0.4, 0.5) is 4.39 Å². The van der Waals surface area contributed by atoms with Gasteiger partial charge in [0, 0.05) is 19.6 Å². The van der Waals surface area contributed by atoms with Crippen molar-refractivity contribution in [1.82, 2.24) is 9.80 Å². The van der Waals surface area contributed by atoms with Crippen LogP contribution in [-0.4, -0.2) is 55.0 Å². The van der Waals surface area contributed by atoms with Crippen LogP contribution < -0.4 is 9.47 Å². The first-order chi connectivity index (χ1) is 14.0. The molecule has 2 aliphatic heterocycles. The molecule has 1 unspecified atom stereocenters. The Morgan fingerprint density at radius 2 is 2.00 bits per heavy atom. The summed E-state index contributed by atoms with van der Waals surface area (Å²) in [5.41, 5.74) is 1.81. The number of carbonyl (C=O) groups is 2. The summed E-state index contributed by atoms with van der Waals surface area (Å²) in [6.07, 6.45) is 0.565. The molecule has 0 bridgehead atoms. The van der Waals surface area contributed by atoms with E-state index in [1.54, 1.807) is 29.0 Å². The largest absolute Gasteiger partial charge is 0.497 e. The molecule has 2 aliphatic rings. The fraction of sp³-hybridized carbons (Fsp3) is 0.364. The number of benzene rings is 2. The molecule has 7 heteroatoms. The third-order valence-electron chi connectivity index (χ3n) is 5.44. The molecule has 4 rings (SSSR count). The van der Waals surface area contributed by atoms with Crippen LogP contribution in [0, 0.1) is 11.7 Å². The minimum absolute atomic E-state index is 0.0570. The lowest BCUT2D eigenvalue weighted by Gasteiger charge is -2.37. The fourth-order valence-corrected chi connectivity index (χ4v) is 3.79. The number of fused-ring (bicyclic) bond motifs is 1. The molecular weight excluding hydrogens is 375 g/mol. The number of rotatable bonds is 4. The Bertz CT molecular complexity index is 916. The summed E-state index contributed by atoms with van der Waals surface area (Å²) in [4.78, 5) is 28.8. The van der Waals surface area contributed by atoms with E-state index in [1.807, 2.05) is 18.2 Å². The first-order valence-electron chi connectivity index (χ1n) is 9.64. The van der Waals surface area contributed by atoms with Crippen LogP contribution in [-0.2, 0) is 22.6 Å². The first-order valence-corrected chi connectivity index (χ1v) is 9.64. The van der Waals surface area contributed by atoms with E-state index in [2.05, 4.69) is 0 Å². The molecule has 1 saturated heterocycles. The topological polar surface area (TPSA) is 59.1 Å². The molecular formula is C22H23FN2O4. The Kier molecular flexibility index (Phi) is 5.38. The fourth-order valence-electron chi connectivity index (χ4n) is 3.79. The number of methoxy groups -OCH3 is 1. The normalized spacial score (nSPS) is 18.8. The Balaban J connectivity index is 1.37. The number of halogens is 1. The maximum Gasteiger partial charge on any atom is 0.242 e. The molecule has 1 atom stereocenters. The van der Waals surface area contributed by atoms with E-state index in [-0.39, 0.29) is 30.1 Å². The van der Waals surface area contributed by atoms with Crippen LogP contribution in [0.1, 0.15) is 11.1 Å². The lowest BCUT2D eigenvalue weighted by Crippen LogP contribution is -2.54. The maximum atomic E-state index is 13.1. The predicted octanol–water partition coefficient (Wildman–Crippen LogP) is 2.26. The zero-order valence-corrected chi connectivity index (χ0v) is 16.3. The molecule has 152 valence electrons. The van der Waals surface area contributed by atoms with Crippen LogP contribution in [0.15, 0.2) is 42.5 Å². The van der Waals surface area contributed by atoms with Gasteiger partial charge in [-0.05, 0) is 47.9 Å². The molecule has 0 aliphatic carbocycles. The van der Waals surface area contributed by atoms with Gasteiger partial charge in [0.1, 0.15) is 23.9 Å². The molecule has 6 nitrogen and oxygen atoms in total. The molecule has 0 aromatic heterocycles. The van der Waals surface area contributed by atoms with Crippen molar-refractivity contribution in [2.75, 3.05) is 33.4 Å². The number of piperazine rings is 1. The van der Waals surface area contributed by atoms with Gasteiger partial charge in [0.15, 0.2) is 0 Å². The highest BCUT2D eigenvalue weighted by Gasteiger charge is 2.34. The maximum absolute atomic E-state index is 13.1. The Morgan fingerprint density at radius 1 is 1.21 bits per heavy atom. The van der Waals surface area contributed by atoms with Crippen LogP contribution in [0.5, 0.6) is 11.5 Å². The molecule has 29 heavy (non-hydrogen) atoms. The molecule has 2 aromatic carbocycles. The van der Waals surface area contributed by atoms with E-state index in [1.165, 1.54) is 12.1 Å². The van der Waals surface area contributed by atoms with Crippen molar-refractivity contribution in [3.05, 3.63) is 59.4 Å². The number of hydrogen-bond acceptors (Lipinski definition) is 4. The van der Waals surface area contributed by atoms with Gasteiger partial charge in [0.25, 0.3) is 0 Å². The van der Waals surface area contributed by atoms with Gasteiger partial charge in [-0.3, -0.25) is 9.59 Å². The van der Waals surface area contributed by atoms with Crippen molar-refractivity contribution in [3.63, 3.8) is 0 Å². The quantitative estimate of drug-likeness (QED) is 0.793. The molecule has 2 aromatic rings. The van der Waals surface area contributed by atoms with Crippen molar-refractivity contribution in [2.24, 2.45) is 5.92 Å². The molecule has 0 N–H and O–H groups in total. The smallest absolute Gasteiger partial charge is 0.242 e. The summed E-state index contributed by atoms with van der Waals surface area (Å²) >= 11 is 0. The number of carbonyl (C=O) groups excluding carboxylic acids is 2. The highest BCUT2D eigenvalue weighted by Crippen LogP contribution is 2.31. The number of nitrogens with zero attached hydrogens (tertiary/aromatic N) is 2. The minimum Gasteiger partial charge on any atom is -0.497 e. The standard InChI is InChI=1S/C22H23FN2O4/c1-28-19-6-7-20-16(11-19)10-17(14-29-20)22(27)25-9-8-24(21(26)13-25)12-15-2-4-18(23)5-3-15/h2-7,11,17H,8-10,12-14H2,1H3. The van der Waals surface area contributed by atoms with E-state index in [0.29, 0.717) is 32.7 Å². The second kappa shape index (κ2) is 8.11. The predicted molar refractivity (Wildman–Crippen MR) is 104 cm³/mol. The lowest BCUT2D eigenvalue weighted by molar-refractivity contribution is -0.148. The zero-order chi connectivity index (χ0) is 20.4. The van der Waals surface area contributed by atoms with Crippen molar-refractivity contribution >= 4 is 11.8 Å². The van der Waals surface area contributed by atoms with E-state index < -0.39 is 0 Å². The third-order valence-corrected chi connectivity index (χ3v) is 5.44. The van der Waals surface area contributed by atoms with Gasteiger partial charge in [-0.15, -0.1) is 0 Å². The summed E-state index contributed by atoms with van der Waals surface area (Å²) in [6, 6.07) is 11.7. The van der Waals surface area contributed by atoms with Crippen molar-refractivity contribution < 1.29 is 23.5 Å². The molecule has 2 amide bonds. The Morgan fingerprint density at radius 3 is 2.72 bits per heavy atom. The monoisotopic (exact) mass is 398 g/mol. The molecule has 0 radical (unpaired) electrons. The van der Waals surface area contributed by atoms with Crippen molar-refractivity contribution in [2.45, 2.75) is 13.0 Å². The second-order valence-electron chi connectivity index (χ2n) is 7.39. The molecule has 1 fully saturated rings. The van der Waals surface area contributed by atoms with Gasteiger partial charge >= 0.3 is 0 Å². The van der Waals surface area contributed by atoms with Crippen molar-refractivity contribution in [1.29, 1.82) is 0 Å². The number of ether oxygens (including phenoxy) is 2. The summed E-state index contributed by atoms with van der Waals surface area (Å²) in [7, 11) is 1.60. The van der Waals surface area contributed by atoms with Crippen LogP contribution in [0.25, 0.3) is 0 Å². The third kappa shape index (κ3) is 4.18. The number of hydrogen-bond donors (Lipinski definition) is 0. The van der Waals surface area contributed by atoms with Crippen LogP contribution in [0.3, 0.4) is 0 Å². The van der Waals surface area contributed by atoms with Gasteiger partial charge in [-0.25, -0.2) is 4.39 Å². The average Bonchev–Trinajstić information content (AvgIpc) is 2.75. The van der Waals surface area contributed by atoms with Gasteiger partial charge in [-0.2, -0.15) is 0 Å². The van der Waals surface area contributed by atoms with Crippen molar-refractivity contribution in [3.8, 4) is 11.5 Å². The Labute approximate surface area is 168 Å². The minimum atomic E-state index is -0.314. The molecule has 0 spiro atoms. The zero-order valence-electron chi connectivity index (χ0n) is 16.3. The molecule has 0 saturated carbocycles. The SMILES string of the molecule is COc1ccc2c(c1)CC(C(=O)N1CCN(Cc3ccc(F)cc3)C(=O)C1)CO2. The van der Waals surface area contributed by atoms with Gasteiger partial charge in [-0.1, -0.05) is 12.1 Å². The van der Waals surface area contributed by atoms with E-state index in [9.17, 15) is 14.0 Å². The van der Waals surface area contributed by atoms with Crippen LogP contribution in [0.2, 0.25) is 0 Å². The highest BCUT2D eigenvalue weighted by molar-refractivity contribution is 5.87. The lowest BCUT2D eigenvalue weighted by atomic mass is 9.95. The van der Waals surface area contributed by atoms with E-state index >= 15 is 0 Å². The average molecular weight is 398 g/mol. The summed E-state index contributed by atoms with van der Waals surface area (Å²) < 4.78 is 24.1. The van der Waals surface area contributed by atoms with E-state index in [0.717, 1.165) is 22.6 Å². The van der Waals surface area contributed by atoms with Gasteiger partial charge in [0.05, 0.1) is 19.6 Å². The summed E-state index contributed by atoms with van der Waals surface area (Å²) in [6.45, 7) is 1.72. The first kappa shape index (κ1) is 19.2. The highest BCUT2D eigenvalue weighted by atomic mass is 19.1. The van der Waals surface area contributed by atoms with Crippen LogP contribution >= 0.6 is 0 Å². The van der Waals surface area contributed by atoms with Gasteiger partial charge < -0.3 is 19.3 Å². The second-order valence-corrected chi connectivity index (χ2v) is 7.39. The Hall–Kier alpha value is -3.09. The van der Waals surface area contributed by atoms with E-state index in [4.69, 9.17) is 9.47 Å².